The van der Waals surface area contributed by atoms with Crippen LogP contribution in [0.3, 0.4) is 0 Å². The first-order valence-electron chi connectivity index (χ1n) is 5.13. The van der Waals surface area contributed by atoms with E-state index in [1.54, 1.807) is 6.07 Å². The van der Waals surface area contributed by atoms with Gasteiger partial charge in [-0.2, -0.15) is 0 Å². The average Bonchev–Trinajstić information content (AvgIpc) is 2.17. The Labute approximate surface area is 97.9 Å². The molecule has 1 aromatic rings. The molecule has 1 saturated heterocycles. The molecule has 2 amide bonds. The number of hydrogen-bond acceptors (Lipinski definition) is 2. The van der Waals surface area contributed by atoms with Gasteiger partial charge in [-0.3, -0.25) is 0 Å². The van der Waals surface area contributed by atoms with Crippen LogP contribution in [-0.4, -0.2) is 11.8 Å². The van der Waals surface area contributed by atoms with Gasteiger partial charge in [-0.25, -0.2) is 4.79 Å². The van der Waals surface area contributed by atoms with E-state index >= 15 is 0 Å². The molecule has 1 fully saturated rings. The predicted octanol–water partition coefficient (Wildman–Crippen LogP) is 2.19. The highest BCUT2D eigenvalue weighted by molar-refractivity contribution is 6.30. The minimum atomic E-state index is -0.617. The fraction of sp³-hybridized carbons (Fsp3) is 0.364. The number of carbonyl (C=O) groups excluding carboxylic acids is 1. The Hall–Kier alpha value is -1.42. The van der Waals surface area contributed by atoms with E-state index in [4.69, 9.17) is 16.3 Å². The molecule has 2 bridgehead atoms. The van der Waals surface area contributed by atoms with E-state index < -0.39 is 5.72 Å². The van der Waals surface area contributed by atoms with Gasteiger partial charge in [0, 0.05) is 17.0 Å². The van der Waals surface area contributed by atoms with Gasteiger partial charge in [-0.1, -0.05) is 11.6 Å². The molecular weight excluding hydrogens is 228 g/mol. The van der Waals surface area contributed by atoms with Crippen molar-refractivity contribution in [3.05, 3.63) is 28.8 Å². The Balaban J connectivity index is 2.10. The molecule has 3 rings (SSSR count). The van der Waals surface area contributed by atoms with Crippen LogP contribution in [0.4, 0.5) is 4.79 Å². The molecule has 5 heteroatoms. The first-order valence-corrected chi connectivity index (χ1v) is 5.51. The normalized spacial score (nSPS) is 30.9. The molecule has 0 aromatic heterocycles. The molecule has 4 nitrogen and oxygen atoms in total. The fourth-order valence-electron chi connectivity index (χ4n) is 2.31. The number of rotatable bonds is 0. The van der Waals surface area contributed by atoms with Gasteiger partial charge in [0.1, 0.15) is 5.75 Å². The molecule has 2 atom stereocenters. The first kappa shape index (κ1) is 9.78. The van der Waals surface area contributed by atoms with Crippen molar-refractivity contribution >= 4 is 17.6 Å². The van der Waals surface area contributed by atoms with E-state index in [9.17, 15) is 4.79 Å². The van der Waals surface area contributed by atoms with E-state index in [0.29, 0.717) is 11.4 Å². The van der Waals surface area contributed by atoms with Crippen LogP contribution in [-0.2, 0) is 0 Å². The van der Waals surface area contributed by atoms with Gasteiger partial charge in [0.2, 0.25) is 0 Å². The van der Waals surface area contributed by atoms with Crippen molar-refractivity contribution in [1.82, 2.24) is 10.6 Å². The number of hydrogen-bond donors (Lipinski definition) is 2. The maximum atomic E-state index is 11.4. The zero-order valence-electron chi connectivity index (χ0n) is 8.71. The number of fused-ring (bicyclic) bond motifs is 4. The second-order valence-electron chi connectivity index (χ2n) is 4.37. The number of nitrogens with one attached hydrogen (secondary N) is 2. The van der Waals surface area contributed by atoms with Gasteiger partial charge in [0.05, 0.1) is 6.04 Å². The van der Waals surface area contributed by atoms with Crippen molar-refractivity contribution in [2.24, 2.45) is 0 Å². The Morgan fingerprint density at radius 2 is 2.38 bits per heavy atom. The van der Waals surface area contributed by atoms with Crippen LogP contribution in [0, 0.1) is 0 Å². The maximum absolute atomic E-state index is 11.4. The van der Waals surface area contributed by atoms with Crippen molar-refractivity contribution in [3.8, 4) is 5.75 Å². The molecule has 2 heterocycles. The quantitative estimate of drug-likeness (QED) is 0.728. The largest absolute Gasteiger partial charge is 0.468 e. The number of urea groups is 1. The van der Waals surface area contributed by atoms with Gasteiger partial charge < -0.3 is 15.4 Å². The van der Waals surface area contributed by atoms with E-state index in [-0.39, 0.29) is 12.1 Å². The van der Waals surface area contributed by atoms with Crippen LogP contribution in [0.15, 0.2) is 18.2 Å². The molecule has 84 valence electrons. The molecule has 2 aliphatic rings. The van der Waals surface area contributed by atoms with Crippen LogP contribution in [0.2, 0.25) is 5.02 Å². The van der Waals surface area contributed by atoms with Crippen LogP contribution in [0.1, 0.15) is 24.9 Å². The number of amides is 2. The number of benzene rings is 1. The van der Waals surface area contributed by atoms with Gasteiger partial charge in [0.25, 0.3) is 0 Å². The van der Waals surface area contributed by atoms with Gasteiger partial charge in [-0.15, -0.1) is 0 Å². The Morgan fingerprint density at radius 3 is 3.19 bits per heavy atom. The second-order valence-corrected chi connectivity index (χ2v) is 4.81. The average molecular weight is 239 g/mol. The molecule has 0 radical (unpaired) electrons. The minimum absolute atomic E-state index is 0.0267. The Morgan fingerprint density at radius 1 is 1.56 bits per heavy atom. The van der Waals surface area contributed by atoms with Gasteiger partial charge in [-0.05, 0) is 25.1 Å². The standard InChI is InChI=1S/C11H11ClN2O2/c1-11-5-8(13-10(15)14-11)7-4-6(12)2-3-9(7)16-11/h2-4,8H,5H2,1H3,(H2,13,14,15)/t8-,11+/m1/s1. The van der Waals surface area contributed by atoms with Crippen molar-refractivity contribution in [2.45, 2.75) is 25.1 Å². The highest BCUT2D eigenvalue weighted by Crippen LogP contribution is 2.41. The summed E-state index contributed by atoms with van der Waals surface area (Å²) in [5, 5.41) is 6.29. The van der Waals surface area contributed by atoms with Gasteiger partial charge in [0.15, 0.2) is 5.72 Å². The summed E-state index contributed by atoms with van der Waals surface area (Å²) in [5.74, 6) is 0.774. The highest BCUT2D eigenvalue weighted by atomic mass is 35.5. The van der Waals surface area contributed by atoms with E-state index in [1.807, 2.05) is 19.1 Å². The third-order valence-electron chi connectivity index (χ3n) is 2.96. The summed E-state index contributed by atoms with van der Waals surface area (Å²) in [6, 6.07) is 5.23. The molecule has 0 unspecified atom stereocenters. The Bertz CT molecular complexity index is 477. The summed E-state index contributed by atoms with van der Waals surface area (Å²) < 4.78 is 5.79. The van der Waals surface area contributed by atoms with E-state index in [0.717, 1.165) is 11.3 Å². The minimum Gasteiger partial charge on any atom is -0.468 e. The molecule has 2 aliphatic heterocycles. The summed E-state index contributed by atoms with van der Waals surface area (Å²) >= 11 is 5.94. The van der Waals surface area contributed by atoms with Crippen molar-refractivity contribution in [3.63, 3.8) is 0 Å². The van der Waals surface area contributed by atoms with E-state index in [2.05, 4.69) is 10.6 Å². The monoisotopic (exact) mass is 238 g/mol. The lowest BCUT2D eigenvalue weighted by Crippen LogP contribution is -2.62. The summed E-state index contributed by atoms with van der Waals surface area (Å²) in [6.45, 7) is 1.87. The first-order chi connectivity index (χ1) is 7.56. The van der Waals surface area contributed by atoms with Crippen molar-refractivity contribution in [1.29, 1.82) is 0 Å². The Kier molecular flexibility index (Phi) is 1.86. The third kappa shape index (κ3) is 1.41. The predicted molar refractivity (Wildman–Crippen MR) is 59.5 cm³/mol. The summed E-state index contributed by atoms with van der Waals surface area (Å²) in [5.41, 5.74) is 0.327. The van der Waals surface area contributed by atoms with Crippen molar-refractivity contribution < 1.29 is 9.53 Å². The second kappa shape index (κ2) is 3.04. The maximum Gasteiger partial charge on any atom is 0.318 e. The summed E-state index contributed by atoms with van der Waals surface area (Å²) in [4.78, 5) is 11.4. The van der Waals surface area contributed by atoms with Crippen molar-refractivity contribution in [2.75, 3.05) is 0 Å². The van der Waals surface area contributed by atoms with Crippen LogP contribution < -0.4 is 15.4 Å². The summed E-state index contributed by atoms with van der Waals surface area (Å²) in [7, 11) is 0. The number of carbonyl (C=O) groups is 1. The van der Waals surface area contributed by atoms with Crippen LogP contribution in [0.25, 0.3) is 0 Å². The lowest BCUT2D eigenvalue weighted by atomic mass is 9.92. The molecule has 0 saturated carbocycles. The molecule has 1 aromatic carbocycles. The van der Waals surface area contributed by atoms with E-state index in [1.165, 1.54) is 0 Å². The summed E-state index contributed by atoms with van der Waals surface area (Å²) in [6.07, 6.45) is 0.700. The zero-order chi connectivity index (χ0) is 11.3. The molecular formula is C11H11ClN2O2. The number of halogens is 1. The highest BCUT2D eigenvalue weighted by Gasteiger charge is 2.43. The van der Waals surface area contributed by atoms with Crippen LogP contribution in [0.5, 0.6) is 5.75 Å². The lowest BCUT2D eigenvalue weighted by Gasteiger charge is -2.44. The van der Waals surface area contributed by atoms with Gasteiger partial charge >= 0.3 is 6.03 Å². The molecule has 0 aliphatic carbocycles. The number of ether oxygens (including phenoxy) is 1. The third-order valence-corrected chi connectivity index (χ3v) is 3.19. The molecule has 0 spiro atoms. The molecule has 2 N–H and O–H groups in total. The molecule has 16 heavy (non-hydrogen) atoms. The van der Waals surface area contributed by atoms with Crippen LogP contribution >= 0.6 is 11.6 Å². The fourth-order valence-corrected chi connectivity index (χ4v) is 2.49. The smallest absolute Gasteiger partial charge is 0.318 e. The topological polar surface area (TPSA) is 50.4 Å². The zero-order valence-corrected chi connectivity index (χ0v) is 9.47. The lowest BCUT2D eigenvalue weighted by molar-refractivity contribution is 0.0119. The SMILES string of the molecule is C[C@]12C[C@@H](NC(=O)N1)c1cc(Cl)ccc1O2.